The lowest BCUT2D eigenvalue weighted by molar-refractivity contribution is -0.139. The molecule has 1 saturated heterocycles. The summed E-state index contributed by atoms with van der Waals surface area (Å²) in [4.78, 5) is 37.8. The quantitative estimate of drug-likeness (QED) is 0.412. The van der Waals surface area contributed by atoms with Gasteiger partial charge in [-0.2, -0.15) is 9.61 Å². The monoisotopic (exact) mass is 485 g/mol. The van der Waals surface area contributed by atoms with Crippen LogP contribution in [0.15, 0.2) is 54.9 Å². The van der Waals surface area contributed by atoms with Crippen LogP contribution in [-0.4, -0.2) is 73.6 Å². The molecule has 10 nitrogen and oxygen atoms in total. The minimum atomic E-state index is -1.05. The molecule has 0 aliphatic carbocycles. The molecule has 4 aromatic rings. The topological polar surface area (TPSA) is 130 Å². The SMILES string of the molecule is CC(=O)c1c(N2CCN(C(=O)[C@@H](C)O)CC2)nc2c(-c3ccc(-c4ccccc4)nc3)cnn2c1N. The highest BCUT2D eigenvalue weighted by atomic mass is 16.3. The lowest BCUT2D eigenvalue weighted by atomic mass is 10.1. The number of nitrogen functional groups attached to an aromatic ring is 1. The van der Waals surface area contributed by atoms with E-state index >= 15 is 0 Å². The number of piperazine rings is 1. The summed E-state index contributed by atoms with van der Waals surface area (Å²) in [5.74, 6) is 0.150. The molecule has 0 radical (unpaired) electrons. The summed E-state index contributed by atoms with van der Waals surface area (Å²) in [6.07, 6.45) is 2.40. The molecule has 5 rings (SSSR count). The zero-order chi connectivity index (χ0) is 25.4. The van der Waals surface area contributed by atoms with E-state index in [0.29, 0.717) is 43.2 Å². The molecule has 0 saturated carbocycles. The van der Waals surface area contributed by atoms with Crippen LogP contribution in [0.2, 0.25) is 0 Å². The third-order valence-electron chi connectivity index (χ3n) is 6.41. The van der Waals surface area contributed by atoms with Gasteiger partial charge in [-0.05, 0) is 19.9 Å². The third kappa shape index (κ3) is 4.16. The highest BCUT2D eigenvalue weighted by Gasteiger charge is 2.29. The fourth-order valence-electron chi connectivity index (χ4n) is 4.51. The number of aromatic nitrogens is 4. The molecule has 1 atom stereocenters. The van der Waals surface area contributed by atoms with E-state index in [1.54, 1.807) is 17.3 Å². The molecule has 0 bridgehead atoms. The number of hydrogen-bond donors (Lipinski definition) is 2. The van der Waals surface area contributed by atoms with Crippen LogP contribution in [0.1, 0.15) is 24.2 Å². The maximum atomic E-state index is 12.6. The smallest absolute Gasteiger partial charge is 0.251 e. The first-order valence-corrected chi connectivity index (χ1v) is 11.8. The van der Waals surface area contributed by atoms with Crippen molar-refractivity contribution in [3.05, 3.63) is 60.4 Å². The largest absolute Gasteiger partial charge is 0.384 e. The van der Waals surface area contributed by atoms with Gasteiger partial charge >= 0.3 is 0 Å². The van der Waals surface area contributed by atoms with Crippen LogP contribution < -0.4 is 10.6 Å². The number of anilines is 2. The minimum Gasteiger partial charge on any atom is -0.384 e. The Kier molecular flexibility index (Phi) is 6.11. The molecule has 3 N–H and O–H groups in total. The van der Waals surface area contributed by atoms with Crippen molar-refractivity contribution >= 4 is 29.0 Å². The number of aliphatic hydroxyl groups is 1. The van der Waals surface area contributed by atoms with Crippen molar-refractivity contribution < 1.29 is 14.7 Å². The van der Waals surface area contributed by atoms with E-state index in [1.165, 1.54) is 18.4 Å². The maximum Gasteiger partial charge on any atom is 0.251 e. The number of ketones is 1. The Morgan fingerprint density at radius 3 is 2.33 bits per heavy atom. The van der Waals surface area contributed by atoms with E-state index in [9.17, 15) is 14.7 Å². The summed E-state index contributed by atoms with van der Waals surface area (Å²) in [6.45, 7) is 4.64. The number of carbonyl (C=O) groups is 2. The number of carbonyl (C=O) groups excluding carboxylic acids is 2. The Hall–Kier alpha value is -4.31. The van der Waals surface area contributed by atoms with Crippen LogP contribution in [0.25, 0.3) is 28.0 Å². The first-order valence-electron chi connectivity index (χ1n) is 11.8. The van der Waals surface area contributed by atoms with Gasteiger partial charge in [0.25, 0.3) is 5.91 Å². The van der Waals surface area contributed by atoms with Crippen molar-refractivity contribution in [1.29, 1.82) is 0 Å². The van der Waals surface area contributed by atoms with Gasteiger partial charge in [0.1, 0.15) is 23.3 Å². The van der Waals surface area contributed by atoms with Crippen LogP contribution in [-0.2, 0) is 4.79 Å². The molecule has 1 amide bonds. The summed E-state index contributed by atoms with van der Waals surface area (Å²) in [6, 6.07) is 13.8. The summed E-state index contributed by atoms with van der Waals surface area (Å²) in [5.41, 5.74) is 10.7. The maximum absolute atomic E-state index is 12.6. The van der Waals surface area contributed by atoms with Crippen molar-refractivity contribution in [2.45, 2.75) is 20.0 Å². The second-order valence-corrected chi connectivity index (χ2v) is 8.83. The van der Waals surface area contributed by atoms with Gasteiger partial charge in [0.05, 0.1) is 11.9 Å². The van der Waals surface area contributed by atoms with Crippen molar-refractivity contribution in [1.82, 2.24) is 24.5 Å². The molecule has 4 heterocycles. The van der Waals surface area contributed by atoms with E-state index in [1.807, 2.05) is 47.4 Å². The number of benzene rings is 1. The Balaban J connectivity index is 1.52. The Morgan fingerprint density at radius 2 is 1.72 bits per heavy atom. The fraction of sp³-hybridized carbons (Fsp3) is 0.269. The highest BCUT2D eigenvalue weighted by molar-refractivity contribution is 6.04. The number of rotatable bonds is 5. The van der Waals surface area contributed by atoms with Gasteiger partial charge in [0, 0.05) is 49.1 Å². The van der Waals surface area contributed by atoms with Crippen molar-refractivity contribution in [3.63, 3.8) is 0 Å². The molecule has 1 aliphatic heterocycles. The van der Waals surface area contributed by atoms with E-state index < -0.39 is 6.10 Å². The van der Waals surface area contributed by atoms with Crippen molar-refractivity contribution in [2.24, 2.45) is 0 Å². The number of nitrogens with two attached hydrogens (primary N) is 1. The summed E-state index contributed by atoms with van der Waals surface area (Å²) in [7, 11) is 0. The normalized spacial score (nSPS) is 14.8. The third-order valence-corrected chi connectivity index (χ3v) is 6.41. The van der Waals surface area contributed by atoms with Gasteiger partial charge < -0.3 is 20.6 Å². The van der Waals surface area contributed by atoms with Gasteiger partial charge in [0.15, 0.2) is 11.4 Å². The predicted octanol–water partition coefficient (Wildman–Crippen LogP) is 2.27. The second kappa shape index (κ2) is 9.38. The predicted molar refractivity (Wildman–Crippen MR) is 137 cm³/mol. The van der Waals surface area contributed by atoms with Gasteiger partial charge in [0.2, 0.25) is 0 Å². The number of amides is 1. The van der Waals surface area contributed by atoms with Gasteiger partial charge in [-0.3, -0.25) is 14.6 Å². The number of hydrogen-bond acceptors (Lipinski definition) is 8. The van der Waals surface area contributed by atoms with Gasteiger partial charge in [-0.25, -0.2) is 4.98 Å². The first kappa shape index (κ1) is 23.4. The fourth-order valence-corrected chi connectivity index (χ4v) is 4.51. The standard InChI is InChI=1S/C26H27N7O3/c1-16(34)22-23(27)33-24(30-25(22)31-10-12-32(13-11-31)26(36)17(2)35)20(15-29-33)19-8-9-21(28-14-19)18-6-4-3-5-7-18/h3-9,14-15,17,35H,10-13,27H2,1-2H3/t17-/m1/s1. The van der Waals surface area contributed by atoms with E-state index in [-0.39, 0.29) is 17.5 Å². The highest BCUT2D eigenvalue weighted by Crippen LogP contribution is 2.32. The molecule has 3 aromatic heterocycles. The molecule has 0 spiro atoms. The van der Waals surface area contributed by atoms with E-state index in [0.717, 1.165) is 22.4 Å². The average Bonchev–Trinajstić information content (AvgIpc) is 3.33. The van der Waals surface area contributed by atoms with Crippen molar-refractivity contribution in [2.75, 3.05) is 36.8 Å². The molecule has 184 valence electrons. The first-order chi connectivity index (χ1) is 17.3. The lowest BCUT2D eigenvalue weighted by Crippen LogP contribution is -2.51. The summed E-state index contributed by atoms with van der Waals surface area (Å²) in [5, 5.41) is 14.0. The Morgan fingerprint density at radius 1 is 1.00 bits per heavy atom. The number of Topliss-reactive ketones (excluding diaryl/α,β-unsaturated/α-hetero) is 1. The molecule has 36 heavy (non-hydrogen) atoms. The number of fused-ring (bicyclic) bond motifs is 1. The lowest BCUT2D eigenvalue weighted by Gasteiger charge is -2.36. The summed E-state index contributed by atoms with van der Waals surface area (Å²) < 4.78 is 1.48. The number of aliphatic hydroxyl groups excluding tert-OH is 1. The molecule has 0 unspecified atom stereocenters. The van der Waals surface area contributed by atoms with Crippen LogP contribution in [0.5, 0.6) is 0 Å². The number of pyridine rings is 1. The van der Waals surface area contributed by atoms with Crippen LogP contribution in [0.4, 0.5) is 11.6 Å². The molecule has 10 heteroatoms. The zero-order valence-electron chi connectivity index (χ0n) is 20.1. The zero-order valence-corrected chi connectivity index (χ0v) is 20.1. The molecule has 1 fully saturated rings. The van der Waals surface area contributed by atoms with E-state index in [4.69, 9.17) is 10.7 Å². The molecular weight excluding hydrogens is 458 g/mol. The van der Waals surface area contributed by atoms with Gasteiger partial charge in [-0.15, -0.1) is 0 Å². The average molecular weight is 486 g/mol. The molecule has 1 aliphatic rings. The van der Waals surface area contributed by atoms with Crippen LogP contribution in [0.3, 0.4) is 0 Å². The number of nitrogens with zero attached hydrogens (tertiary/aromatic N) is 6. The minimum absolute atomic E-state index is 0.213. The molecule has 1 aromatic carbocycles. The van der Waals surface area contributed by atoms with Gasteiger partial charge in [-0.1, -0.05) is 36.4 Å². The second-order valence-electron chi connectivity index (χ2n) is 8.83. The van der Waals surface area contributed by atoms with Crippen molar-refractivity contribution in [3.8, 4) is 22.4 Å². The van der Waals surface area contributed by atoms with E-state index in [2.05, 4.69) is 10.1 Å². The van der Waals surface area contributed by atoms with Crippen LogP contribution >= 0.6 is 0 Å². The van der Waals surface area contributed by atoms with Crippen LogP contribution in [0, 0.1) is 0 Å². The Bertz CT molecular complexity index is 1420. The molecular formula is C26H27N7O3. The summed E-state index contributed by atoms with van der Waals surface area (Å²) >= 11 is 0. The Labute approximate surface area is 208 Å².